The summed E-state index contributed by atoms with van der Waals surface area (Å²) in [5, 5.41) is 13.4. The van der Waals surface area contributed by atoms with Gasteiger partial charge in [0.15, 0.2) is 0 Å². The number of carbonyl (C=O) groups excluding carboxylic acids is 2. The van der Waals surface area contributed by atoms with E-state index in [0.29, 0.717) is 31.5 Å². The van der Waals surface area contributed by atoms with Gasteiger partial charge in [-0.3, -0.25) is 9.59 Å². The van der Waals surface area contributed by atoms with Crippen molar-refractivity contribution in [2.45, 2.75) is 25.4 Å². The molecule has 0 radical (unpaired) electrons. The number of carbonyl (C=O) groups is 2. The first kappa shape index (κ1) is 19.5. The molecule has 2 fully saturated rings. The summed E-state index contributed by atoms with van der Waals surface area (Å²) in [6.07, 6.45) is 1.13. The molecular weight excluding hydrogens is 368 g/mol. The summed E-state index contributed by atoms with van der Waals surface area (Å²) in [6.45, 7) is 1.33. The van der Waals surface area contributed by atoms with Crippen molar-refractivity contribution in [1.82, 2.24) is 10.2 Å². The van der Waals surface area contributed by atoms with Gasteiger partial charge in [-0.25, -0.2) is 0 Å². The summed E-state index contributed by atoms with van der Waals surface area (Å²) < 4.78 is 5.20. The number of ether oxygens (including phenoxy) is 1. The summed E-state index contributed by atoms with van der Waals surface area (Å²) in [7, 11) is 1.63. The number of piperidine rings is 2. The summed E-state index contributed by atoms with van der Waals surface area (Å²) >= 11 is 0. The summed E-state index contributed by atoms with van der Waals surface area (Å²) in [5.74, 6) is 0.537. The van der Waals surface area contributed by atoms with E-state index in [1.807, 2.05) is 42.5 Å². The number of hydrogen-bond acceptors (Lipinski definition) is 4. The molecule has 1 spiro atoms. The van der Waals surface area contributed by atoms with Gasteiger partial charge in [-0.2, -0.15) is 0 Å². The van der Waals surface area contributed by atoms with Crippen LogP contribution in [0.25, 0.3) is 11.1 Å². The van der Waals surface area contributed by atoms with Crippen molar-refractivity contribution < 1.29 is 19.4 Å². The molecule has 152 valence electrons. The lowest BCUT2D eigenvalue weighted by Gasteiger charge is -2.46. The van der Waals surface area contributed by atoms with Gasteiger partial charge in [0.05, 0.1) is 18.6 Å². The van der Waals surface area contributed by atoms with Crippen LogP contribution in [0.2, 0.25) is 0 Å². The molecule has 2 saturated heterocycles. The fourth-order valence-corrected chi connectivity index (χ4v) is 4.41. The van der Waals surface area contributed by atoms with Crippen molar-refractivity contribution >= 4 is 11.8 Å². The van der Waals surface area contributed by atoms with Crippen LogP contribution in [0.3, 0.4) is 0 Å². The average Bonchev–Trinajstić information content (AvgIpc) is 2.77. The number of amides is 2. The Balaban J connectivity index is 1.57. The molecule has 2 N–H and O–H groups in total. The van der Waals surface area contributed by atoms with Gasteiger partial charge < -0.3 is 20.1 Å². The molecule has 0 aliphatic carbocycles. The van der Waals surface area contributed by atoms with Crippen molar-refractivity contribution in [1.29, 1.82) is 0 Å². The first-order valence-electron chi connectivity index (χ1n) is 10.0. The lowest BCUT2D eigenvalue weighted by Crippen LogP contribution is -2.62. The molecule has 6 heteroatoms. The molecule has 6 nitrogen and oxygen atoms in total. The minimum atomic E-state index is -0.889. The highest BCUT2D eigenvalue weighted by atomic mass is 16.5. The Morgan fingerprint density at radius 1 is 1.21 bits per heavy atom. The number of aliphatic hydroxyl groups excluding tert-OH is 1. The number of benzene rings is 2. The van der Waals surface area contributed by atoms with Gasteiger partial charge in [0.2, 0.25) is 5.91 Å². The van der Waals surface area contributed by atoms with E-state index in [4.69, 9.17) is 4.74 Å². The van der Waals surface area contributed by atoms with E-state index >= 15 is 0 Å². The fraction of sp³-hybridized carbons (Fsp3) is 0.391. The van der Waals surface area contributed by atoms with Crippen LogP contribution in [0, 0.1) is 5.41 Å². The van der Waals surface area contributed by atoms with Crippen molar-refractivity contribution in [2.24, 2.45) is 5.41 Å². The van der Waals surface area contributed by atoms with Crippen LogP contribution in [-0.4, -0.2) is 54.7 Å². The number of aliphatic hydroxyl groups is 1. The second-order valence-electron chi connectivity index (χ2n) is 7.86. The molecule has 0 bridgehead atoms. The number of nitrogens with one attached hydrogen (secondary N) is 1. The van der Waals surface area contributed by atoms with Crippen molar-refractivity contribution in [3.05, 3.63) is 54.1 Å². The third kappa shape index (κ3) is 3.60. The minimum Gasteiger partial charge on any atom is -0.497 e. The Hall–Kier alpha value is -2.86. The molecule has 0 unspecified atom stereocenters. The topological polar surface area (TPSA) is 78.9 Å². The fourth-order valence-electron chi connectivity index (χ4n) is 4.41. The largest absolute Gasteiger partial charge is 0.497 e. The van der Waals surface area contributed by atoms with Crippen molar-refractivity contribution in [3.63, 3.8) is 0 Å². The number of likely N-dealkylation sites (tertiary alicyclic amines) is 1. The quantitative estimate of drug-likeness (QED) is 0.838. The van der Waals surface area contributed by atoms with E-state index in [1.165, 1.54) is 0 Å². The van der Waals surface area contributed by atoms with Crippen molar-refractivity contribution in [3.8, 4) is 16.9 Å². The highest BCUT2D eigenvalue weighted by molar-refractivity contribution is 5.96. The van der Waals surface area contributed by atoms with E-state index in [2.05, 4.69) is 5.32 Å². The zero-order valence-electron chi connectivity index (χ0n) is 16.6. The highest BCUT2D eigenvalue weighted by Crippen LogP contribution is 2.38. The SMILES string of the molecule is COc1ccc(-c2cccc(C(=O)N3CC[C@H](O)[C@@]4(CCCNC4=O)C3)c2)cc1. The molecule has 2 amide bonds. The highest BCUT2D eigenvalue weighted by Gasteiger charge is 2.50. The average molecular weight is 394 g/mol. The molecule has 2 atom stereocenters. The molecule has 2 aliphatic rings. The Kier molecular flexibility index (Phi) is 5.28. The van der Waals surface area contributed by atoms with Gasteiger partial charge in [0.25, 0.3) is 5.91 Å². The first-order chi connectivity index (χ1) is 14.0. The number of methoxy groups -OCH3 is 1. The van der Waals surface area contributed by atoms with Crippen LogP contribution in [0.5, 0.6) is 5.75 Å². The monoisotopic (exact) mass is 394 g/mol. The van der Waals surface area contributed by atoms with Gasteiger partial charge in [-0.1, -0.05) is 24.3 Å². The van der Waals surface area contributed by atoms with Crippen LogP contribution in [0.4, 0.5) is 0 Å². The van der Waals surface area contributed by atoms with Gasteiger partial charge >= 0.3 is 0 Å². The smallest absolute Gasteiger partial charge is 0.253 e. The molecule has 4 rings (SSSR count). The van der Waals surface area contributed by atoms with Gasteiger partial charge in [-0.15, -0.1) is 0 Å². The molecular formula is C23H26N2O4. The third-order valence-corrected chi connectivity index (χ3v) is 6.14. The van der Waals surface area contributed by atoms with Crippen LogP contribution >= 0.6 is 0 Å². The Morgan fingerprint density at radius 3 is 2.72 bits per heavy atom. The predicted molar refractivity (Wildman–Crippen MR) is 110 cm³/mol. The minimum absolute atomic E-state index is 0.106. The zero-order chi connectivity index (χ0) is 20.4. The Labute approximate surface area is 170 Å². The van der Waals surface area contributed by atoms with E-state index < -0.39 is 11.5 Å². The summed E-state index contributed by atoms with van der Waals surface area (Å²) in [5.41, 5.74) is 1.64. The predicted octanol–water partition coefficient (Wildman–Crippen LogP) is 2.47. The number of hydrogen-bond donors (Lipinski definition) is 2. The van der Waals surface area contributed by atoms with E-state index in [9.17, 15) is 14.7 Å². The lowest BCUT2D eigenvalue weighted by molar-refractivity contribution is -0.147. The van der Waals surface area contributed by atoms with Gasteiger partial charge in [0, 0.05) is 25.2 Å². The zero-order valence-corrected chi connectivity index (χ0v) is 16.6. The first-order valence-corrected chi connectivity index (χ1v) is 10.0. The third-order valence-electron chi connectivity index (χ3n) is 6.14. The Bertz CT molecular complexity index is 911. The van der Waals surface area contributed by atoms with Gasteiger partial charge in [0.1, 0.15) is 5.75 Å². The molecule has 2 aromatic carbocycles. The van der Waals surface area contributed by atoms with Crippen molar-refractivity contribution in [2.75, 3.05) is 26.7 Å². The molecule has 29 heavy (non-hydrogen) atoms. The molecule has 2 aliphatic heterocycles. The number of nitrogens with zero attached hydrogens (tertiary/aromatic N) is 1. The molecule has 0 aromatic heterocycles. The maximum atomic E-state index is 13.2. The standard InChI is InChI=1S/C23H26N2O4/c1-29-19-8-6-16(7-9-19)17-4-2-5-18(14-17)21(27)25-13-10-20(26)23(15-25)11-3-12-24-22(23)28/h2,4-9,14,20,26H,3,10-13,15H2,1H3,(H,24,28)/t20-,23+/m0/s1. The second-order valence-corrected chi connectivity index (χ2v) is 7.86. The summed E-state index contributed by atoms with van der Waals surface area (Å²) in [4.78, 5) is 27.5. The van der Waals surface area contributed by atoms with E-state index in [0.717, 1.165) is 23.3 Å². The van der Waals surface area contributed by atoms with Crippen LogP contribution < -0.4 is 10.1 Å². The van der Waals surface area contributed by atoms with E-state index in [1.54, 1.807) is 18.1 Å². The number of rotatable bonds is 3. The van der Waals surface area contributed by atoms with Crippen LogP contribution in [0.15, 0.2) is 48.5 Å². The van der Waals surface area contributed by atoms with Gasteiger partial charge in [-0.05, 0) is 54.7 Å². The normalized spacial score (nSPS) is 24.3. The summed E-state index contributed by atoms with van der Waals surface area (Å²) in [6, 6.07) is 15.2. The Morgan fingerprint density at radius 2 is 2.00 bits per heavy atom. The molecule has 2 aromatic rings. The molecule has 0 saturated carbocycles. The lowest BCUT2D eigenvalue weighted by atomic mass is 9.71. The maximum Gasteiger partial charge on any atom is 0.253 e. The van der Waals surface area contributed by atoms with E-state index in [-0.39, 0.29) is 18.4 Å². The maximum absolute atomic E-state index is 13.2. The van der Waals surface area contributed by atoms with Crippen LogP contribution in [-0.2, 0) is 4.79 Å². The molecule has 2 heterocycles. The second kappa shape index (κ2) is 7.87. The van der Waals surface area contributed by atoms with Crippen LogP contribution in [0.1, 0.15) is 29.6 Å².